The maximum absolute atomic E-state index is 15.5. The van der Waals surface area contributed by atoms with Crippen molar-refractivity contribution < 1.29 is 24.3 Å². The van der Waals surface area contributed by atoms with Gasteiger partial charge in [0.1, 0.15) is 5.75 Å². The summed E-state index contributed by atoms with van der Waals surface area (Å²) in [5.41, 5.74) is 3.55. The fourth-order valence-electron chi connectivity index (χ4n) is 9.89. The second-order valence-corrected chi connectivity index (χ2v) is 15.4. The van der Waals surface area contributed by atoms with Crippen LogP contribution in [0.4, 0.5) is 22.7 Å². The predicted molar refractivity (Wildman–Crippen MR) is 217 cm³/mol. The average Bonchev–Trinajstić information content (AvgIpc) is 3.60. The van der Waals surface area contributed by atoms with E-state index in [1.807, 2.05) is 97.1 Å². The number of nitrogens with one attached hydrogen (secondary N) is 1. The van der Waals surface area contributed by atoms with Gasteiger partial charge in [0.05, 0.1) is 34.5 Å². The van der Waals surface area contributed by atoms with Crippen LogP contribution < -0.4 is 15.1 Å². The number of para-hydroxylation sites is 2. The summed E-state index contributed by atoms with van der Waals surface area (Å²) in [6, 6.07) is 38.4. The van der Waals surface area contributed by atoms with Crippen molar-refractivity contribution in [2.75, 3.05) is 15.1 Å². The fourth-order valence-corrected chi connectivity index (χ4v) is 10.1. The number of rotatable bonds is 8. The molecule has 2 saturated heterocycles. The molecular weight excluding hydrogens is 722 g/mol. The quantitative estimate of drug-likeness (QED) is 0.121. The Bertz CT molecular complexity index is 2450. The Kier molecular flexibility index (Phi) is 8.74. The average molecular weight is 760 g/mol. The Morgan fingerprint density at radius 2 is 1.45 bits per heavy atom. The number of carbonyl (C=O) groups is 4. The van der Waals surface area contributed by atoms with Crippen molar-refractivity contribution >= 4 is 58.0 Å². The number of benzene rings is 5. The number of fused-ring (bicyclic) bond motifs is 4. The van der Waals surface area contributed by atoms with Gasteiger partial charge in [-0.25, -0.2) is 4.90 Å². The van der Waals surface area contributed by atoms with E-state index in [1.165, 1.54) is 9.80 Å². The molecule has 5 aromatic rings. The van der Waals surface area contributed by atoms with Gasteiger partial charge in [-0.15, -0.1) is 6.58 Å². The lowest BCUT2D eigenvalue weighted by molar-refractivity contribution is -0.127. The van der Waals surface area contributed by atoms with Crippen LogP contribution in [0.5, 0.6) is 5.75 Å². The third-order valence-electron chi connectivity index (χ3n) is 12.2. The number of hydrogen-bond acceptors (Lipinski definition) is 6. The molecule has 56 heavy (non-hydrogen) atoms. The first kappa shape index (κ1) is 35.5. The van der Waals surface area contributed by atoms with E-state index in [9.17, 15) is 14.7 Å². The second-order valence-electron chi connectivity index (χ2n) is 15.0. The SMILES string of the molecule is C=CCc1cccc([C@H]2C3=CC[C@@H]4C(=O)N(c5ccc(Nc6ccccc6)cc5)C(=O)[C@@H]4[C@@H]3C[C@H]3C(=O)N(c4cccc(Cl)c4)C(=O)[C@@]23c2ccccc2)c1O. The van der Waals surface area contributed by atoms with Crippen molar-refractivity contribution in [3.8, 4) is 5.75 Å². The number of phenols is 1. The van der Waals surface area contributed by atoms with Gasteiger partial charge in [0, 0.05) is 27.9 Å². The summed E-state index contributed by atoms with van der Waals surface area (Å²) in [6.45, 7) is 3.88. The highest BCUT2D eigenvalue weighted by atomic mass is 35.5. The van der Waals surface area contributed by atoms with Crippen LogP contribution in [0.15, 0.2) is 152 Å². The van der Waals surface area contributed by atoms with Gasteiger partial charge in [-0.3, -0.25) is 24.1 Å². The smallest absolute Gasteiger partial charge is 0.246 e. The van der Waals surface area contributed by atoms with Crippen LogP contribution in [0.1, 0.15) is 35.4 Å². The summed E-state index contributed by atoms with van der Waals surface area (Å²) in [5, 5.41) is 15.8. The number of imide groups is 2. The van der Waals surface area contributed by atoms with E-state index >= 15 is 9.59 Å². The van der Waals surface area contributed by atoms with Gasteiger partial charge in [-0.2, -0.15) is 0 Å². The number of amides is 4. The first-order valence-corrected chi connectivity index (χ1v) is 19.2. The normalized spacial score (nSPS) is 25.4. The highest BCUT2D eigenvalue weighted by molar-refractivity contribution is 6.32. The zero-order chi connectivity index (χ0) is 38.7. The molecule has 0 unspecified atom stereocenters. The molecule has 2 aliphatic carbocycles. The largest absolute Gasteiger partial charge is 0.507 e. The maximum Gasteiger partial charge on any atom is 0.246 e. The summed E-state index contributed by atoms with van der Waals surface area (Å²) in [4.78, 5) is 62.1. The number of carbonyl (C=O) groups excluding carboxylic acids is 4. The minimum atomic E-state index is -1.49. The molecule has 2 N–H and O–H groups in total. The maximum atomic E-state index is 15.5. The van der Waals surface area contributed by atoms with Crippen LogP contribution in [0.3, 0.4) is 0 Å². The van der Waals surface area contributed by atoms with Gasteiger partial charge >= 0.3 is 0 Å². The number of phenolic OH excluding ortho intramolecular Hbond substituents is 1. The van der Waals surface area contributed by atoms with Gasteiger partial charge in [-0.05, 0) is 90.9 Å². The Morgan fingerprint density at radius 3 is 2.16 bits per heavy atom. The molecule has 8 nitrogen and oxygen atoms in total. The van der Waals surface area contributed by atoms with Gasteiger partial charge in [-0.1, -0.05) is 102 Å². The van der Waals surface area contributed by atoms with E-state index < -0.39 is 46.8 Å². The molecule has 9 heteroatoms. The molecule has 9 rings (SSSR count). The van der Waals surface area contributed by atoms with Crippen LogP contribution >= 0.6 is 11.6 Å². The fraction of sp³-hybridized carbons (Fsp3) is 0.191. The molecule has 2 heterocycles. The summed E-state index contributed by atoms with van der Waals surface area (Å²) in [5.74, 6) is -5.24. The Hall–Kier alpha value is -6.25. The van der Waals surface area contributed by atoms with E-state index in [-0.39, 0.29) is 30.4 Å². The second kappa shape index (κ2) is 13.8. The van der Waals surface area contributed by atoms with Crippen molar-refractivity contribution in [1.82, 2.24) is 0 Å². The third-order valence-corrected chi connectivity index (χ3v) is 12.4. The molecule has 4 amide bonds. The first-order valence-electron chi connectivity index (χ1n) is 18.8. The lowest BCUT2D eigenvalue weighted by Crippen LogP contribution is -2.53. The number of allylic oxidation sites excluding steroid dienone is 3. The van der Waals surface area contributed by atoms with E-state index in [0.29, 0.717) is 39.5 Å². The molecule has 6 atom stereocenters. The predicted octanol–water partition coefficient (Wildman–Crippen LogP) is 8.88. The van der Waals surface area contributed by atoms with Crippen molar-refractivity contribution in [3.05, 3.63) is 173 Å². The molecular formula is C47H38ClN3O5. The summed E-state index contributed by atoms with van der Waals surface area (Å²) < 4.78 is 0. The molecule has 278 valence electrons. The lowest BCUT2D eigenvalue weighted by atomic mass is 9.49. The van der Waals surface area contributed by atoms with Crippen LogP contribution in [0, 0.1) is 23.7 Å². The van der Waals surface area contributed by atoms with Crippen molar-refractivity contribution in [2.24, 2.45) is 23.7 Å². The highest BCUT2D eigenvalue weighted by Gasteiger charge is 2.70. The molecule has 3 fully saturated rings. The molecule has 4 aliphatic rings. The Labute approximate surface area is 329 Å². The minimum absolute atomic E-state index is 0.0104. The third kappa shape index (κ3) is 5.34. The number of anilines is 4. The van der Waals surface area contributed by atoms with Crippen molar-refractivity contribution in [1.29, 1.82) is 0 Å². The molecule has 5 aromatic carbocycles. The summed E-state index contributed by atoms with van der Waals surface area (Å²) in [6.07, 6.45) is 4.50. The summed E-state index contributed by atoms with van der Waals surface area (Å²) in [7, 11) is 0. The van der Waals surface area contributed by atoms with Gasteiger partial charge in [0.25, 0.3) is 0 Å². The van der Waals surface area contributed by atoms with Gasteiger partial charge < -0.3 is 10.4 Å². The van der Waals surface area contributed by atoms with E-state index in [2.05, 4.69) is 11.9 Å². The van der Waals surface area contributed by atoms with E-state index in [1.54, 1.807) is 42.5 Å². The highest BCUT2D eigenvalue weighted by Crippen LogP contribution is 2.65. The van der Waals surface area contributed by atoms with Crippen LogP contribution in [-0.2, 0) is 31.0 Å². The minimum Gasteiger partial charge on any atom is -0.507 e. The topological polar surface area (TPSA) is 107 Å². The van der Waals surface area contributed by atoms with Gasteiger partial charge in [0.2, 0.25) is 23.6 Å². The first-order chi connectivity index (χ1) is 27.2. The molecule has 0 radical (unpaired) electrons. The Balaban J connectivity index is 1.19. The van der Waals surface area contributed by atoms with Crippen LogP contribution in [0.25, 0.3) is 0 Å². The molecule has 0 spiro atoms. The van der Waals surface area contributed by atoms with E-state index in [4.69, 9.17) is 11.6 Å². The lowest BCUT2D eigenvalue weighted by Gasteiger charge is -2.50. The van der Waals surface area contributed by atoms with Crippen molar-refractivity contribution in [2.45, 2.75) is 30.6 Å². The number of halogens is 1. The van der Waals surface area contributed by atoms with E-state index in [0.717, 1.165) is 16.9 Å². The monoisotopic (exact) mass is 759 g/mol. The van der Waals surface area contributed by atoms with Gasteiger partial charge in [0.15, 0.2) is 0 Å². The van der Waals surface area contributed by atoms with Crippen molar-refractivity contribution in [3.63, 3.8) is 0 Å². The molecule has 0 bridgehead atoms. The Morgan fingerprint density at radius 1 is 0.750 bits per heavy atom. The standard InChI is InChI=1S/C47H38ClN3O5/c1-2-11-28-12-9-19-37(42(28)52)41-35-24-25-36-40(45(55)50(43(36)53)33-22-20-32(21-23-33)49-31-16-7-4-8-17-31)38(35)27-39-44(54)51(34-18-10-15-30(48)26-34)46(56)47(39,41)29-13-5-3-6-14-29/h2-10,12-24,26,36,38-41,49,52H,1,11,25,27H2/t36-,38+,39-,40-,41+,47+/m0/s1. The van der Waals surface area contributed by atoms with Crippen LogP contribution in [0.2, 0.25) is 5.02 Å². The zero-order valence-electron chi connectivity index (χ0n) is 30.3. The molecule has 1 saturated carbocycles. The summed E-state index contributed by atoms with van der Waals surface area (Å²) >= 11 is 6.44. The number of hydrogen-bond donors (Lipinski definition) is 2. The molecule has 0 aromatic heterocycles. The van der Waals surface area contributed by atoms with Crippen LogP contribution in [-0.4, -0.2) is 28.7 Å². The zero-order valence-corrected chi connectivity index (χ0v) is 31.1. The number of aromatic hydroxyl groups is 1. The molecule has 2 aliphatic heterocycles. The number of nitrogens with zero attached hydrogens (tertiary/aromatic N) is 2.